The van der Waals surface area contributed by atoms with Gasteiger partial charge in [-0.15, -0.1) is 0 Å². The fourth-order valence-corrected chi connectivity index (χ4v) is 3.35. The molecule has 23 heavy (non-hydrogen) atoms. The Morgan fingerprint density at radius 2 is 2.00 bits per heavy atom. The monoisotopic (exact) mass is 319 g/mol. The van der Waals surface area contributed by atoms with Crippen molar-refractivity contribution in [1.82, 2.24) is 5.32 Å². The molecule has 1 unspecified atom stereocenters. The van der Waals surface area contributed by atoms with Gasteiger partial charge in [0.1, 0.15) is 6.61 Å². The number of benzene rings is 1. The Morgan fingerprint density at radius 3 is 2.70 bits per heavy atom. The lowest BCUT2D eigenvalue weighted by atomic mass is 9.91. The Balaban J connectivity index is 1.76. The van der Waals surface area contributed by atoms with Crippen LogP contribution in [0.3, 0.4) is 0 Å². The van der Waals surface area contributed by atoms with Crippen LogP contribution >= 0.6 is 0 Å². The van der Waals surface area contributed by atoms with Crippen molar-refractivity contribution in [3.63, 3.8) is 0 Å². The number of ether oxygens (including phenoxy) is 2. The van der Waals surface area contributed by atoms with Gasteiger partial charge in [-0.1, -0.05) is 6.07 Å². The van der Waals surface area contributed by atoms with Gasteiger partial charge in [0, 0.05) is 18.9 Å². The van der Waals surface area contributed by atoms with E-state index >= 15 is 0 Å². The molecule has 1 atom stereocenters. The van der Waals surface area contributed by atoms with Crippen molar-refractivity contribution in [3.8, 4) is 11.5 Å². The van der Waals surface area contributed by atoms with E-state index in [4.69, 9.17) is 14.6 Å². The van der Waals surface area contributed by atoms with Crippen molar-refractivity contribution in [1.29, 1.82) is 0 Å². The van der Waals surface area contributed by atoms with Crippen molar-refractivity contribution >= 4 is 5.91 Å². The van der Waals surface area contributed by atoms with E-state index in [9.17, 15) is 4.79 Å². The first-order chi connectivity index (χ1) is 11.3. The van der Waals surface area contributed by atoms with Gasteiger partial charge in [-0.2, -0.15) is 0 Å². The minimum Gasteiger partial charge on any atom is -0.487 e. The summed E-state index contributed by atoms with van der Waals surface area (Å²) in [5, 5.41) is 11.9. The maximum atomic E-state index is 11.3. The molecule has 5 heteroatoms. The average Bonchev–Trinajstić information content (AvgIpc) is 3.07. The number of hydrogen-bond acceptors (Lipinski definition) is 4. The number of carbonyl (C=O) groups is 1. The van der Waals surface area contributed by atoms with Crippen LogP contribution < -0.4 is 14.8 Å². The maximum Gasteiger partial charge on any atom is 0.220 e. The highest BCUT2D eigenvalue weighted by molar-refractivity contribution is 5.76. The molecule has 5 nitrogen and oxygen atoms in total. The number of aliphatic hydroxyl groups excluding tert-OH is 1. The van der Waals surface area contributed by atoms with Gasteiger partial charge in [0.15, 0.2) is 11.5 Å². The third kappa shape index (κ3) is 4.16. The molecule has 126 valence electrons. The Hall–Kier alpha value is -1.75. The van der Waals surface area contributed by atoms with Crippen molar-refractivity contribution < 1.29 is 19.4 Å². The summed E-state index contributed by atoms with van der Waals surface area (Å²) in [7, 11) is 0. The van der Waals surface area contributed by atoms with Gasteiger partial charge in [0.25, 0.3) is 0 Å². The molecule has 0 bridgehead atoms. The third-order valence-corrected chi connectivity index (χ3v) is 4.65. The lowest BCUT2D eigenvalue weighted by Crippen LogP contribution is -2.33. The number of amides is 1. The molecule has 1 aliphatic heterocycles. The molecule has 1 amide bonds. The van der Waals surface area contributed by atoms with E-state index in [-0.39, 0.29) is 25.2 Å². The molecule has 2 fully saturated rings. The van der Waals surface area contributed by atoms with Crippen LogP contribution in [0.4, 0.5) is 0 Å². The number of rotatable bonds is 6. The molecule has 2 aliphatic rings. The number of hydrogen-bond donors (Lipinski definition) is 2. The molecular weight excluding hydrogens is 294 g/mol. The van der Waals surface area contributed by atoms with Gasteiger partial charge in [-0.25, -0.2) is 0 Å². The predicted octanol–water partition coefficient (Wildman–Crippen LogP) is 2.37. The number of nitrogens with one attached hydrogen (secondary N) is 1. The van der Waals surface area contributed by atoms with Gasteiger partial charge in [0.2, 0.25) is 5.91 Å². The SMILES string of the molecule is O=C1CCC(c2ccc(OCCO)c(OC3CCCC3)c2)CN1. The van der Waals surface area contributed by atoms with Crippen LogP contribution in [-0.2, 0) is 4.79 Å². The summed E-state index contributed by atoms with van der Waals surface area (Å²) in [5.74, 6) is 1.91. The lowest BCUT2D eigenvalue weighted by molar-refractivity contribution is -0.122. The summed E-state index contributed by atoms with van der Waals surface area (Å²) < 4.78 is 11.8. The second-order valence-corrected chi connectivity index (χ2v) is 6.34. The van der Waals surface area contributed by atoms with Crippen LogP contribution in [0.1, 0.15) is 50.0 Å². The molecule has 0 aromatic heterocycles. The van der Waals surface area contributed by atoms with E-state index in [0.29, 0.717) is 24.6 Å². The van der Waals surface area contributed by atoms with E-state index in [1.165, 1.54) is 18.4 Å². The standard InChI is InChI=1S/C18H25NO4/c20-9-10-22-16-7-5-13(14-6-8-18(21)19-12-14)11-17(16)23-15-3-1-2-4-15/h5,7,11,14-15,20H,1-4,6,8-10,12H2,(H,19,21). The molecule has 2 N–H and O–H groups in total. The lowest BCUT2D eigenvalue weighted by Gasteiger charge is -2.24. The summed E-state index contributed by atoms with van der Waals surface area (Å²) in [5.41, 5.74) is 1.18. The normalized spacial score (nSPS) is 22.0. The molecule has 0 radical (unpaired) electrons. The summed E-state index contributed by atoms with van der Waals surface area (Å²) >= 11 is 0. The third-order valence-electron chi connectivity index (χ3n) is 4.65. The van der Waals surface area contributed by atoms with Crippen LogP contribution in [0.2, 0.25) is 0 Å². The fourth-order valence-electron chi connectivity index (χ4n) is 3.35. The van der Waals surface area contributed by atoms with Gasteiger partial charge >= 0.3 is 0 Å². The zero-order chi connectivity index (χ0) is 16.1. The highest BCUT2D eigenvalue weighted by atomic mass is 16.5. The first-order valence-electron chi connectivity index (χ1n) is 8.57. The first-order valence-corrected chi connectivity index (χ1v) is 8.57. The van der Waals surface area contributed by atoms with Crippen LogP contribution in [0, 0.1) is 0 Å². The maximum absolute atomic E-state index is 11.3. The van der Waals surface area contributed by atoms with Crippen LogP contribution in [0.25, 0.3) is 0 Å². The van der Waals surface area contributed by atoms with Gasteiger partial charge in [0.05, 0.1) is 12.7 Å². The molecule has 1 aromatic carbocycles. The van der Waals surface area contributed by atoms with Crippen molar-refractivity contribution in [2.45, 2.75) is 50.5 Å². The molecule has 0 spiro atoms. The number of aliphatic hydroxyl groups is 1. The topological polar surface area (TPSA) is 67.8 Å². The van der Waals surface area contributed by atoms with Crippen LogP contribution in [0.5, 0.6) is 11.5 Å². The van der Waals surface area contributed by atoms with E-state index in [1.54, 1.807) is 0 Å². The van der Waals surface area contributed by atoms with Gasteiger partial charge < -0.3 is 19.9 Å². The molecule has 1 saturated heterocycles. The van der Waals surface area contributed by atoms with Crippen LogP contribution in [0.15, 0.2) is 18.2 Å². The largest absolute Gasteiger partial charge is 0.487 e. The van der Waals surface area contributed by atoms with Crippen molar-refractivity contribution in [3.05, 3.63) is 23.8 Å². The second kappa shape index (κ2) is 7.68. The van der Waals surface area contributed by atoms with E-state index < -0.39 is 0 Å². The van der Waals surface area contributed by atoms with E-state index in [0.717, 1.165) is 25.0 Å². The molecule has 1 heterocycles. The van der Waals surface area contributed by atoms with E-state index in [1.807, 2.05) is 18.2 Å². The second-order valence-electron chi connectivity index (χ2n) is 6.34. The summed E-state index contributed by atoms with van der Waals surface area (Å²) in [6.45, 7) is 0.928. The summed E-state index contributed by atoms with van der Waals surface area (Å²) in [6.07, 6.45) is 6.30. The summed E-state index contributed by atoms with van der Waals surface area (Å²) in [6, 6.07) is 6.01. The summed E-state index contributed by atoms with van der Waals surface area (Å²) in [4.78, 5) is 11.3. The number of piperidine rings is 1. The molecule has 3 rings (SSSR count). The molecular formula is C18H25NO4. The predicted molar refractivity (Wildman–Crippen MR) is 86.9 cm³/mol. The van der Waals surface area contributed by atoms with Crippen LogP contribution in [-0.4, -0.2) is 36.9 Å². The highest BCUT2D eigenvalue weighted by Crippen LogP contribution is 2.35. The van der Waals surface area contributed by atoms with E-state index in [2.05, 4.69) is 5.32 Å². The first kappa shape index (κ1) is 16.1. The zero-order valence-corrected chi connectivity index (χ0v) is 13.4. The minimum absolute atomic E-state index is 0.0146. The van der Waals surface area contributed by atoms with Gasteiger partial charge in [-0.3, -0.25) is 4.79 Å². The van der Waals surface area contributed by atoms with Crippen molar-refractivity contribution in [2.75, 3.05) is 19.8 Å². The Labute approximate surface area is 137 Å². The molecule has 1 aromatic rings. The number of carbonyl (C=O) groups excluding carboxylic acids is 1. The quantitative estimate of drug-likeness (QED) is 0.845. The smallest absolute Gasteiger partial charge is 0.220 e. The molecule has 1 aliphatic carbocycles. The fraction of sp³-hybridized carbons (Fsp3) is 0.611. The molecule has 1 saturated carbocycles. The Kier molecular flexibility index (Phi) is 5.39. The minimum atomic E-state index is -0.0146. The van der Waals surface area contributed by atoms with Gasteiger partial charge in [-0.05, 0) is 49.8 Å². The Bertz CT molecular complexity index is 530. The average molecular weight is 319 g/mol. The Morgan fingerprint density at radius 1 is 1.17 bits per heavy atom. The zero-order valence-electron chi connectivity index (χ0n) is 13.4. The van der Waals surface area contributed by atoms with Crippen molar-refractivity contribution in [2.24, 2.45) is 0 Å². The highest BCUT2D eigenvalue weighted by Gasteiger charge is 2.23.